The van der Waals surface area contributed by atoms with E-state index in [2.05, 4.69) is 0 Å². The van der Waals surface area contributed by atoms with Gasteiger partial charge in [-0.05, 0) is 11.6 Å². The Hall–Kier alpha value is -1.56. The summed E-state index contributed by atoms with van der Waals surface area (Å²) >= 11 is 0. The first kappa shape index (κ1) is 12.9. The number of aliphatic carboxylic acids is 1. The largest absolute Gasteiger partial charge is 0.480 e. The van der Waals surface area contributed by atoms with Gasteiger partial charge < -0.3 is 5.11 Å². The van der Waals surface area contributed by atoms with Crippen LogP contribution in [0.25, 0.3) is 0 Å². The quantitative estimate of drug-likeness (QED) is 0.875. The number of carboxylic acids is 1. The van der Waals surface area contributed by atoms with Gasteiger partial charge in [-0.2, -0.15) is 0 Å². The molecule has 1 aliphatic heterocycles. The monoisotopic (exact) mass is 269 g/mol. The van der Waals surface area contributed by atoms with Crippen LogP contribution in [0.5, 0.6) is 0 Å². The highest BCUT2D eigenvalue weighted by molar-refractivity contribution is 7.92. The fourth-order valence-corrected chi connectivity index (χ4v) is 3.82. The van der Waals surface area contributed by atoms with Crippen LogP contribution >= 0.6 is 0 Å². The lowest BCUT2D eigenvalue weighted by Gasteiger charge is -2.29. The fraction of sp³-hybridized carbons (Fsp3) is 0.417. The Bertz CT molecular complexity index is 606. The minimum Gasteiger partial charge on any atom is -0.480 e. The summed E-state index contributed by atoms with van der Waals surface area (Å²) in [6.45, 7) is 3.49. The smallest absolute Gasteiger partial charge is 0.328 e. The second-order valence-electron chi connectivity index (χ2n) is 5.04. The number of fused-ring (bicyclic) bond motifs is 1. The molecule has 6 heteroatoms. The molecule has 0 amide bonds. The van der Waals surface area contributed by atoms with Gasteiger partial charge in [0.05, 0.1) is 11.9 Å². The Morgan fingerprint density at radius 2 is 1.89 bits per heavy atom. The van der Waals surface area contributed by atoms with Crippen LogP contribution in [0.2, 0.25) is 0 Å². The zero-order chi connectivity index (χ0) is 13.7. The van der Waals surface area contributed by atoms with Crippen molar-refractivity contribution >= 4 is 21.7 Å². The molecule has 0 spiro atoms. The number of rotatable bonds is 2. The maximum absolute atomic E-state index is 11.9. The average molecular weight is 269 g/mol. The molecular formula is C12H15NO4S. The summed E-state index contributed by atoms with van der Waals surface area (Å²) in [6, 6.07) is 5.80. The van der Waals surface area contributed by atoms with Crippen molar-refractivity contribution in [3.63, 3.8) is 0 Å². The molecule has 1 aromatic rings. The number of nitrogens with zero attached hydrogens (tertiary/aromatic N) is 1. The molecule has 0 radical (unpaired) electrons. The minimum atomic E-state index is -3.63. The first-order valence-electron chi connectivity index (χ1n) is 5.49. The Balaban J connectivity index is 2.76. The molecule has 0 bridgehead atoms. The van der Waals surface area contributed by atoms with Crippen LogP contribution in [-0.2, 0) is 20.2 Å². The molecule has 98 valence electrons. The van der Waals surface area contributed by atoms with E-state index < -0.39 is 27.4 Å². The van der Waals surface area contributed by atoms with Crippen molar-refractivity contribution < 1.29 is 18.3 Å². The van der Waals surface area contributed by atoms with Crippen molar-refractivity contribution in [3.05, 3.63) is 29.8 Å². The average Bonchev–Trinajstić information content (AvgIpc) is 2.47. The molecule has 0 saturated heterocycles. The summed E-state index contributed by atoms with van der Waals surface area (Å²) in [5, 5.41) is 9.35. The molecule has 1 atom stereocenters. The molecule has 0 fully saturated rings. The van der Waals surface area contributed by atoms with E-state index in [1.807, 2.05) is 0 Å². The number of para-hydroxylation sites is 1. The predicted octanol–water partition coefficient (Wildman–Crippen LogP) is 1.20. The fourth-order valence-electron chi connectivity index (χ4n) is 2.57. The van der Waals surface area contributed by atoms with Gasteiger partial charge >= 0.3 is 5.97 Å². The minimum absolute atomic E-state index is 0.456. The van der Waals surface area contributed by atoms with E-state index in [4.69, 9.17) is 0 Å². The second kappa shape index (κ2) is 3.71. The number of benzene rings is 1. The van der Waals surface area contributed by atoms with Gasteiger partial charge in [-0.3, -0.25) is 4.31 Å². The predicted molar refractivity (Wildman–Crippen MR) is 68.2 cm³/mol. The number of sulfonamides is 1. The van der Waals surface area contributed by atoms with Crippen LogP contribution < -0.4 is 4.31 Å². The van der Waals surface area contributed by atoms with Gasteiger partial charge in [0.25, 0.3) is 0 Å². The summed E-state index contributed by atoms with van der Waals surface area (Å²) in [5.74, 6) is -1.14. The first-order valence-corrected chi connectivity index (χ1v) is 7.34. The lowest BCUT2D eigenvalue weighted by molar-refractivity contribution is -0.139. The van der Waals surface area contributed by atoms with Crippen molar-refractivity contribution in [2.24, 2.45) is 0 Å². The van der Waals surface area contributed by atoms with Gasteiger partial charge in [0.15, 0.2) is 6.04 Å². The Morgan fingerprint density at radius 3 is 2.39 bits per heavy atom. The van der Waals surface area contributed by atoms with Gasteiger partial charge in [0.1, 0.15) is 0 Å². The number of hydrogen-bond acceptors (Lipinski definition) is 3. The maximum Gasteiger partial charge on any atom is 0.328 e. The molecule has 1 aliphatic rings. The zero-order valence-electron chi connectivity index (χ0n) is 10.4. The number of carbonyl (C=O) groups is 1. The van der Waals surface area contributed by atoms with Gasteiger partial charge in [0, 0.05) is 5.41 Å². The Kier molecular flexibility index (Phi) is 2.66. The molecular weight excluding hydrogens is 254 g/mol. The third-order valence-electron chi connectivity index (χ3n) is 3.34. The van der Waals surface area contributed by atoms with Crippen LogP contribution in [0, 0.1) is 0 Å². The molecule has 2 rings (SSSR count). The van der Waals surface area contributed by atoms with E-state index in [9.17, 15) is 18.3 Å². The molecule has 1 unspecified atom stereocenters. The molecule has 1 heterocycles. The SMILES string of the molecule is CC1(C)c2ccccc2N(S(C)(=O)=O)C1C(=O)O. The number of hydrogen-bond donors (Lipinski definition) is 1. The van der Waals surface area contributed by atoms with Crippen LogP contribution in [0.4, 0.5) is 5.69 Å². The van der Waals surface area contributed by atoms with Crippen LogP contribution in [0.3, 0.4) is 0 Å². The van der Waals surface area contributed by atoms with Crippen LogP contribution in [0.1, 0.15) is 19.4 Å². The van der Waals surface area contributed by atoms with Crippen LogP contribution in [0.15, 0.2) is 24.3 Å². The molecule has 0 aromatic heterocycles. The van der Waals surface area contributed by atoms with E-state index in [0.29, 0.717) is 5.69 Å². The van der Waals surface area contributed by atoms with Crippen molar-refractivity contribution in [1.82, 2.24) is 0 Å². The summed E-state index contributed by atoms with van der Waals surface area (Å²) in [5.41, 5.74) is 0.436. The van der Waals surface area contributed by atoms with Gasteiger partial charge in [-0.25, -0.2) is 13.2 Å². The highest BCUT2D eigenvalue weighted by Crippen LogP contribution is 2.46. The summed E-state index contributed by atoms with van der Waals surface area (Å²) < 4.78 is 24.7. The molecule has 1 aromatic carbocycles. The van der Waals surface area contributed by atoms with E-state index in [1.165, 1.54) is 0 Å². The number of carboxylic acid groups (broad SMARTS) is 1. The third-order valence-corrected chi connectivity index (χ3v) is 4.47. The summed E-state index contributed by atoms with van der Waals surface area (Å²) in [7, 11) is -3.63. The lowest BCUT2D eigenvalue weighted by Crippen LogP contribution is -2.49. The van der Waals surface area contributed by atoms with Crippen molar-refractivity contribution in [2.75, 3.05) is 10.6 Å². The molecule has 0 aliphatic carbocycles. The molecule has 0 saturated carbocycles. The third kappa shape index (κ3) is 1.68. The van der Waals surface area contributed by atoms with Crippen molar-refractivity contribution in [2.45, 2.75) is 25.3 Å². The van der Waals surface area contributed by atoms with E-state index in [1.54, 1.807) is 38.1 Å². The van der Waals surface area contributed by atoms with Gasteiger partial charge in [-0.1, -0.05) is 32.0 Å². The molecule has 18 heavy (non-hydrogen) atoms. The van der Waals surface area contributed by atoms with Crippen LogP contribution in [-0.4, -0.2) is 31.8 Å². The van der Waals surface area contributed by atoms with E-state index >= 15 is 0 Å². The maximum atomic E-state index is 11.9. The lowest BCUT2D eigenvalue weighted by atomic mass is 9.81. The molecule has 5 nitrogen and oxygen atoms in total. The Morgan fingerprint density at radius 1 is 1.33 bits per heavy atom. The topological polar surface area (TPSA) is 74.7 Å². The Labute approximate surface area is 106 Å². The first-order chi connectivity index (χ1) is 8.17. The van der Waals surface area contributed by atoms with Crippen molar-refractivity contribution in [3.8, 4) is 0 Å². The second-order valence-corrected chi connectivity index (χ2v) is 6.90. The zero-order valence-corrected chi connectivity index (χ0v) is 11.2. The van der Waals surface area contributed by atoms with Gasteiger partial charge in [-0.15, -0.1) is 0 Å². The summed E-state index contributed by atoms with van der Waals surface area (Å²) in [6.07, 6.45) is 1.03. The van der Waals surface area contributed by atoms with E-state index in [0.717, 1.165) is 16.1 Å². The highest BCUT2D eigenvalue weighted by atomic mass is 32.2. The highest BCUT2D eigenvalue weighted by Gasteiger charge is 2.52. The standard InChI is InChI=1S/C12H15NO4S/c1-12(2)8-6-4-5-7-9(8)13(18(3,16)17)10(12)11(14)15/h4-7,10H,1-3H3,(H,14,15). The summed E-state index contributed by atoms with van der Waals surface area (Å²) in [4.78, 5) is 11.4. The van der Waals surface area contributed by atoms with Gasteiger partial charge in [0.2, 0.25) is 10.0 Å². The van der Waals surface area contributed by atoms with Crippen molar-refractivity contribution in [1.29, 1.82) is 0 Å². The normalized spacial score (nSPS) is 21.7. The van der Waals surface area contributed by atoms with E-state index in [-0.39, 0.29) is 0 Å². The number of anilines is 1. The molecule has 1 N–H and O–H groups in total.